The molecular formula is C21H33ClN2O2. The van der Waals surface area contributed by atoms with Crippen LogP contribution in [-0.4, -0.2) is 36.1 Å². The van der Waals surface area contributed by atoms with Gasteiger partial charge in [0.15, 0.2) is 0 Å². The van der Waals surface area contributed by atoms with Gasteiger partial charge in [0.05, 0.1) is 6.10 Å². The Balaban J connectivity index is 0.00000243. The van der Waals surface area contributed by atoms with Crippen LogP contribution in [0.5, 0.6) is 0 Å². The second kappa shape index (κ2) is 7.49. The third kappa shape index (κ3) is 3.17. The molecule has 3 atom stereocenters. The van der Waals surface area contributed by atoms with E-state index in [-0.39, 0.29) is 35.8 Å². The molecule has 2 fully saturated rings. The van der Waals surface area contributed by atoms with Gasteiger partial charge in [0, 0.05) is 31.5 Å². The summed E-state index contributed by atoms with van der Waals surface area (Å²) in [4.78, 5) is 15.0. The smallest absolute Gasteiger partial charge is 0.243 e. The van der Waals surface area contributed by atoms with Crippen molar-refractivity contribution in [1.29, 1.82) is 0 Å². The highest BCUT2D eigenvalue weighted by molar-refractivity contribution is 5.89. The normalized spacial score (nSPS) is 29.3. The lowest BCUT2D eigenvalue weighted by molar-refractivity contribution is -0.229. The van der Waals surface area contributed by atoms with Crippen molar-refractivity contribution >= 4 is 18.3 Å². The van der Waals surface area contributed by atoms with Gasteiger partial charge in [-0.1, -0.05) is 52.0 Å². The number of nitrogens with zero attached hydrogens (tertiary/aromatic N) is 1. The lowest BCUT2D eigenvalue weighted by Crippen LogP contribution is -2.82. The summed E-state index contributed by atoms with van der Waals surface area (Å²) in [7, 11) is 1.86. The summed E-state index contributed by atoms with van der Waals surface area (Å²) in [6.45, 7) is 9.89. The van der Waals surface area contributed by atoms with E-state index in [0.29, 0.717) is 12.5 Å². The van der Waals surface area contributed by atoms with Gasteiger partial charge in [-0.15, -0.1) is 12.4 Å². The molecule has 2 N–H and O–H groups in total. The second-order valence-corrected chi connectivity index (χ2v) is 8.69. The molecule has 1 aromatic carbocycles. The van der Waals surface area contributed by atoms with Gasteiger partial charge in [-0.3, -0.25) is 4.79 Å². The fourth-order valence-corrected chi connectivity index (χ4v) is 4.68. The van der Waals surface area contributed by atoms with Crippen molar-refractivity contribution in [2.75, 3.05) is 13.7 Å². The molecule has 2 aliphatic rings. The molecule has 26 heavy (non-hydrogen) atoms. The summed E-state index contributed by atoms with van der Waals surface area (Å²) < 4.78 is 5.92. The number of carbonyl (C=O) groups is 1. The topological polar surface area (TPSA) is 55.6 Å². The molecule has 1 heterocycles. The largest absolute Gasteiger partial charge is 0.377 e. The van der Waals surface area contributed by atoms with Crippen LogP contribution in [-0.2, 0) is 16.1 Å². The average Bonchev–Trinajstić information content (AvgIpc) is 2.60. The maximum Gasteiger partial charge on any atom is 0.243 e. The molecule has 1 amide bonds. The van der Waals surface area contributed by atoms with Crippen LogP contribution in [0.2, 0.25) is 0 Å². The Kier molecular flexibility index (Phi) is 6.11. The Morgan fingerprint density at radius 1 is 1.31 bits per heavy atom. The summed E-state index contributed by atoms with van der Waals surface area (Å²) in [5.74, 6) is 0.687. The van der Waals surface area contributed by atoms with Crippen molar-refractivity contribution in [1.82, 2.24) is 4.90 Å². The number of nitrogens with two attached hydrogens (primary N) is 1. The van der Waals surface area contributed by atoms with E-state index in [0.717, 1.165) is 25.0 Å². The highest BCUT2D eigenvalue weighted by atomic mass is 35.5. The third-order valence-electron chi connectivity index (χ3n) is 6.45. The number of benzene rings is 1. The zero-order valence-corrected chi connectivity index (χ0v) is 17.4. The Bertz CT molecular complexity index is 644. The van der Waals surface area contributed by atoms with Crippen LogP contribution in [0, 0.1) is 11.3 Å². The average molecular weight is 381 g/mol. The molecule has 0 spiro atoms. The summed E-state index contributed by atoms with van der Waals surface area (Å²) in [5, 5.41) is 0. The van der Waals surface area contributed by atoms with Crippen molar-refractivity contribution in [3.63, 3.8) is 0 Å². The second-order valence-electron chi connectivity index (χ2n) is 8.69. The number of carbonyl (C=O) groups excluding carboxylic acids is 1. The van der Waals surface area contributed by atoms with Gasteiger partial charge in [-0.25, -0.2) is 0 Å². The molecule has 146 valence electrons. The van der Waals surface area contributed by atoms with E-state index in [4.69, 9.17) is 10.5 Å². The van der Waals surface area contributed by atoms with Gasteiger partial charge >= 0.3 is 0 Å². The van der Waals surface area contributed by atoms with Crippen LogP contribution < -0.4 is 5.73 Å². The van der Waals surface area contributed by atoms with Gasteiger partial charge < -0.3 is 15.4 Å². The van der Waals surface area contributed by atoms with E-state index < -0.39 is 5.54 Å². The molecule has 1 aliphatic carbocycles. The van der Waals surface area contributed by atoms with Gasteiger partial charge in [0.2, 0.25) is 5.91 Å². The summed E-state index contributed by atoms with van der Waals surface area (Å²) in [6.07, 6.45) is 2.07. The van der Waals surface area contributed by atoms with Crippen molar-refractivity contribution in [2.24, 2.45) is 17.1 Å². The summed E-state index contributed by atoms with van der Waals surface area (Å²) >= 11 is 0. The first kappa shape index (κ1) is 21.2. The zero-order chi connectivity index (χ0) is 18.4. The predicted molar refractivity (Wildman–Crippen MR) is 107 cm³/mol. The Morgan fingerprint density at radius 2 is 1.92 bits per heavy atom. The molecule has 5 heteroatoms. The SMILES string of the molecule is CC(C)c1ccc(CN(C)C(=O)C2(N)C3CCCOC3C2(C)C)cc1.Cl. The van der Waals surface area contributed by atoms with E-state index in [1.54, 1.807) is 4.90 Å². The van der Waals surface area contributed by atoms with Gasteiger partial charge in [0.1, 0.15) is 5.54 Å². The number of hydrogen-bond donors (Lipinski definition) is 1. The van der Waals surface area contributed by atoms with Crippen LogP contribution in [0.1, 0.15) is 57.6 Å². The van der Waals surface area contributed by atoms with E-state index in [1.165, 1.54) is 5.56 Å². The molecule has 1 saturated carbocycles. The molecule has 0 aromatic heterocycles. The highest BCUT2D eigenvalue weighted by Crippen LogP contribution is 2.57. The van der Waals surface area contributed by atoms with Crippen molar-refractivity contribution < 1.29 is 9.53 Å². The minimum atomic E-state index is -0.829. The standard InChI is InChI=1S/C21H32N2O2.ClH/c1-14(2)16-10-8-15(9-11-16)13-23(5)19(24)21(22)17-7-6-12-25-18(17)20(21,3)4;/h8-11,14,17-18H,6-7,12-13,22H2,1-5H3;1H. The van der Waals surface area contributed by atoms with E-state index in [9.17, 15) is 4.79 Å². The molecule has 4 nitrogen and oxygen atoms in total. The van der Waals surface area contributed by atoms with Gasteiger partial charge in [0.25, 0.3) is 0 Å². The van der Waals surface area contributed by atoms with E-state index in [1.807, 2.05) is 7.05 Å². The maximum atomic E-state index is 13.2. The monoisotopic (exact) mass is 380 g/mol. The minimum absolute atomic E-state index is 0. The van der Waals surface area contributed by atoms with Crippen LogP contribution in [0.3, 0.4) is 0 Å². The Labute approximate surface area is 163 Å². The molecule has 1 aromatic rings. The molecule has 1 saturated heterocycles. The summed E-state index contributed by atoms with van der Waals surface area (Å²) in [5.41, 5.74) is 8.02. The predicted octanol–water partition coefficient (Wildman–Crippen LogP) is 3.72. The first-order valence-corrected chi connectivity index (χ1v) is 9.44. The molecule has 1 aliphatic heterocycles. The lowest BCUT2D eigenvalue weighted by Gasteiger charge is -2.65. The number of amides is 1. The first-order chi connectivity index (χ1) is 11.7. The molecule has 0 radical (unpaired) electrons. The maximum absolute atomic E-state index is 13.2. The molecule has 0 bridgehead atoms. The summed E-state index contributed by atoms with van der Waals surface area (Å²) in [6, 6.07) is 8.52. The van der Waals surface area contributed by atoms with Gasteiger partial charge in [-0.05, 0) is 29.9 Å². The van der Waals surface area contributed by atoms with Crippen LogP contribution >= 0.6 is 12.4 Å². The van der Waals surface area contributed by atoms with Gasteiger partial charge in [-0.2, -0.15) is 0 Å². The zero-order valence-electron chi connectivity index (χ0n) is 16.6. The Morgan fingerprint density at radius 3 is 2.50 bits per heavy atom. The third-order valence-corrected chi connectivity index (χ3v) is 6.45. The van der Waals surface area contributed by atoms with Crippen molar-refractivity contribution in [3.05, 3.63) is 35.4 Å². The Hall–Kier alpha value is -1.10. The van der Waals surface area contributed by atoms with E-state index >= 15 is 0 Å². The van der Waals surface area contributed by atoms with Crippen LogP contribution in [0.4, 0.5) is 0 Å². The first-order valence-electron chi connectivity index (χ1n) is 9.44. The molecule has 3 rings (SSSR count). The molecular weight excluding hydrogens is 348 g/mol. The number of hydrogen-bond acceptors (Lipinski definition) is 3. The minimum Gasteiger partial charge on any atom is -0.377 e. The number of likely N-dealkylation sites (N-methyl/N-ethyl adjacent to an activating group) is 1. The quantitative estimate of drug-likeness (QED) is 0.865. The molecule has 3 unspecified atom stereocenters. The fourth-order valence-electron chi connectivity index (χ4n) is 4.68. The van der Waals surface area contributed by atoms with Crippen molar-refractivity contribution in [3.8, 4) is 0 Å². The number of halogens is 1. The van der Waals surface area contributed by atoms with Crippen molar-refractivity contribution in [2.45, 2.75) is 64.6 Å². The number of ether oxygens (including phenoxy) is 1. The van der Waals surface area contributed by atoms with E-state index in [2.05, 4.69) is 52.0 Å². The lowest BCUT2D eigenvalue weighted by atomic mass is 9.46. The van der Waals surface area contributed by atoms with Crippen LogP contribution in [0.15, 0.2) is 24.3 Å². The highest BCUT2D eigenvalue weighted by Gasteiger charge is 2.70. The number of fused-ring (bicyclic) bond motifs is 1. The fraction of sp³-hybridized carbons (Fsp3) is 0.667. The number of rotatable bonds is 4. The van der Waals surface area contributed by atoms with Crippen LogP contribution in [0.25, 0.3) is 0 Å².